The van der Waals surface area contributed by atoms with Gasteiger partial charge >= 0.3 is 0 Å². The largest absolute Gasteiger partial charge is 0.278 e. The van der Waals surface area contributed by atoms with Crippen molar-refractivity contribution in [2.45, 2.75) is 72.6 Å². The summed E-state index contributed by atoms with van der Waals surface area (Å²) in [6, 6.07) is 7.71. The molecule has 3 nitrogen and oxygen atoms in total. The van der Waals surface area contributed by atoms with Crippen LogP contribution >= 0.6 is 0 Å². The number of nitrogens with zero attached hydrogens (tertiary/aromatic N) is 2. The van der Waals surface area contributed by atoms with Crippen LogP contribution in [0.2, 0.25) is 0 Å². The first-order chi connectivity index (χ1) is 11.5. The maximum atomic E-state index is 12.7. The third kappa shape index (κ3) is 4.56. The normalized spacial score (nSPS) is 11.0. The Bertz CT molecular complexity index is 685. The van der Waals surface area contributed by atoms with E-state index in [1.165, 1.54) is 44.1 Å². The predicted octanol–water partition coefficient (Wildman–Crippen LogP) is 5.40. The highest BCUT2D eigenvalue weighted by Crippen LogP contribution is 2.18. The molecule has 0 saturated heterocycles. The Balaban J connectivity index is 2.04. The Morgan fingerprint density at radius 1 is 1.04 bits per heavy atom. The van der Waals surface area contributed by atoms with Gasteiger partial charge in [0.25, 0.3) is 5.91 Å². The van der Waals surface area contributed by atoms with Gasteiger partial charge in [-0.15, -0.1) is 0 Å². The van der Waals surface area contributed by atoms with Crippen LogP contribution in [0.25, 0.3) is 0 Å². The van der Waals surface area contributed by atoms with E-state index in [9.17, 15) is 4.79 Å². The van der Waals surface area contributed by atoms with E-state index in [1.807, 2.05) is 45.0 Å². The monoisotopic (exact) mass is 326 g/mol. The van der Waals surface area contributed by atoms with Crippen molar-refractivity contribution in [2.24, 2.45) is 0 Å². The molecule has 3 heteroatoms. The van der Waals surface area contributed by atoms with Crippen LogP contribution in [-0.4, -0.2) is 15.7 Å². The van der Waals surface area contributed by atoms with Crippen molar-refractivity contribution in [3.63, 3.8) is 0 Å². The first kappa shape index (κ1) is 18.4. The van der Waals surface area contributed by atoms with Gasteiger partial charge in [-0.25, -0.2) is 4.68 Å². The average molecular weight is 326 g/mol. The molecule has 0 atom stereocenters. The number of carbonyl (C=O) groups excluding carboxylic acids is 1. The lowest BCUT2D eigenvalue weighted by Gasteiger charge is -2.06. The maximum absolute atomic E-state index is 12.7. The molecule has 0 radical (unpaired) electrons. The molecule has 0 spiro atoms. The minimum atomic E-state index is -0.0338. The van der Waals surface area contributed by atoms with Crippen LogP contribution in [0.4, 0.5) is 0 Å². The standard InChI is InChI=1S/C21H30N2O/c1-5-6-7-8-9-10-14-20-17(3)22-23(18(20)4)21(24)19-13-11-12-16(2)15-19/h11-13,15H,5-10,14H2,1-4H3. The molecule has 0 aliphatic rings. The number of carbonyl (C=O) groups is 1. The molecule has 0 bridgehead atoms. The SMILES string of the molecule is CCCCCCCCc1c(C)nn(C(=O)c2cccc(C)c2)c1C. The second-order valence-corrected chi connectivity index (χ2v) is 6.75. The smallest absolute Gasteiger partial charge is 0.267 e. The van der Waals surface area contributed by atoms with Gasteiger partial charge in [-0.1, -0.05) is 56.7 Å². The number of benzene rings is 1. The predicted molar refractivity (Wildman–Crippen MR) is 99.7 cm³/mol. The highest BCUT2D eigenvalue weighted by Gasteiger charge is 2.17. The minimum absolute atomic E-state index is 0.0338. The van der Waals surface area contributed by atoms with Crippen molar-refractivity contribution in [3.05, 3.63) is 52.3 Å². The first-order valence-corrected chi connectivity index (χ1v) is 9.21. The van der Waals surface area contributed by atoms with Gasteiger partial charge in [-0.05, 0) is 51.3 Å². The fourth-order valence-corrected chi connectivity index (χ4v) is 3.22. The van der Waals surface area contributed by atoms with Gasteiger partial charge in [-0.3, -0.25) is 4.79 Å². The zero-order valence-corrected chi connectivity index (χ0v) is 15.6. The van der Waals surface area contributed by atoms with Gasteiger partial charge < -0.3 is 0 Å². The van der Waals surface area contributed by atoms with Gasteiger partial charge in [0.1, 0.15) is 0 Å². The summed E-state index contributed by atoms with van der Waals surface area (Å²) in [5.74, 6) is -0.0338. The topological polar surface area (TPSA) is 34.9 Å². The molecule has 2 aromatic rings. The molecule has 0 amide bonds. The molecule has 130 valence electrons. The Labute approximate surface area is 146 Å². The van der Waals surface area contributed by atoms with E-state index in [1.54, 1.807) is 4.68 Å². The second-order valence-electron chi connectivity index (χ2n) is 6.75. The van der Waals surface area contributed by atoms with E-state index >= 15 is 0 Å². The van der Waals surface area contributed by atoms with Crippen LogP contribution < -0.4 is 0 Å². The van der Waals surface area contributed by atoms with Crippen LogP contribution in [-0.2, 0) is 6.42 Å². The lowest BCUT2D eigenvalue weighted by Crippen LogP contribution is -2.15. The van der Waals surface area contributed by atoms with Crippen LogP contribution in [0, 0.1) is 20.8 Å². The van der Waals surface area contributed by atoms with Crippen LogP contribution in [0.1, 0.15) is 78.3 Å². The van der Waals surface area contributed by atoms with Crippen LogP contribution in [0.3, 0.4) is 0 Å². The zero-order valence-electron chi connectivity index (χ0n) is 15.6. The van der Waals surface area contributed by atoms with Crippen LogP contribution in [0.5, 0.6) is 0 Å². The molecule has 24 heavy (non-hydrogen) atoms. The number of aromatic nitrogens is 2. The molecular formula is C21H30N2O. The molecule has 1 heterocycles. The molecule has 0 unspecified atom stereocenters. The molecular weight excluding hydrogens is 296 g/mol. The van der Waals surface area contributed by atoms with Crippen molar-refractivity contribution in [1.29, 1.82) is 0 Å². The van der Waals surface area contributed by atoms with E-state index in [2.05, 4.69) is 12.0 Å². The Morgan fingerprint density at radius 3 is 2.46 bits per heavy atom. The second kappa shape index (κ2) is 8.81. The van der Waals surface area contributed by atoms with Gasteiger partial charge in [0.05, 0.1) is 5.69 Å². The molecule has 0 fully saturated rings. The third-order valence-electron chi connectivity index (χ3n) is 4.68. The highest BCUT2D eigenvalue weighted by molar-refractivity contribution is 5.96. The highest BCUT2D eigenvalue weighted by atomic mass is 16.2. The number of hydrogen-bond acceptors (Lipinski definition) is 2. The van der Waals surface area contributed by atoms with Crippen molar-refractivity contribution < 1.29 is 4.79 Å². The van der Waals surface area contributed by atoms with Gasteiger partial charge in [0, 0.05) is 11.3 Å². The van der Waals surface area contributed by atoms with E-state index in [0.29, 0.717) is 5.56 Å². The van der Waals surface area contributed by atoms with Crippen molar-refractivity contribution in [3.8, 4) is 0 Å². The molecule has 0 aliphatic heterocycles. The minimum Gasteiger partial charge on any atom is -0.267 e. The fourth-order valence-electron chi connectivity index (χ4n) is 3.22. The summed E-state index contributed by atoms with van der Waals surface area (Å²) in [7, 11) is 0. The number of hydrogen-bond donors (Lipinski definition) is 0. The van der Waals surface area contributed by atoms with Gasteiger partial charge in [0.2, 0.25) is 0 Å². The Morgan fingerprint density at radius 2 is 1.75 bits per heavy atom. The van der Waals surface area contributed by atoms with Gasteiger partial charge in [0.15, 0.2) is 0 Å². The van der Waals surface area contributed by atoms with Crippen molar-refractivity contribution in [2.75, 3.05) is 0 Å². The molecule has 2 rings (SSSR count). The molecule has 0 N–H and O–H groups in total. The molecule has 1 aromatic carbocycles. The molecule has 0 saturated carbocycles. The van der Waals surface area contributed by atoms with E-state index in [0.717, 1.165) is 23.4 Å². The summed E-state index contributed by atoms with van der Waals surface area (Å²) in [5, 5.41) is 4.51. The van der Waals surface area contributed by atoms with E-state index in [4.69, 9.17) is 0 Å². The Kier molecular flexibility index (Phi) is 6.77. The number of aryl methyl sites for hydroxylation is 2. The lowest BCUT2D eigenvalue weighted by atomic mass is 10.0. The third-order valence-corrected chi connectivity index (χ3v) is 4.68. The van der Waals surface area contributed by atoms with E-state index in [-0.39, 0.29) is 5.91 Å². The van der Waals surface area contributed by atoms with Crippen LogP contribution in [0.15, 0.2) is 24.3 Å². The summed E-state index contributed by atoms with van der Waals surface area (Å²) < 4.78 is 1.58. The Hall–Kier alpha value is -1.90. The van der Waals surface area contributed by atoms with Crippen molar-refractivity contribution >= 4 is 5.91 Å². The average Bonchev–Trinajstić information content (AvgIpc) is 2.85. The quantitative estimate of drug-likeness (QED) is 0.609. The molecule has 0 aliphatic carbocycles. The van der Waals surface area contributed by atoms with Gasteiger partial charge in [-0.2, -0.15) is 5.10 Å². The molecule has 1 aromatic heterocycles. The zero-order chi connectivity index (χ0) is 17.5. The maximum Gasteiger partial charge on any atom is 0.278 e. The summed E-state index contributed by atoms with van der Waals surface area (Å²) in [6.45, 7) is 8.27. The first-order valence-electron chi connectivity index (χ1n) is 9.21. The fraction of sp³-hybridized carbons (Fsp3) is 0.524. The summed E-state index contributed by atoms with van der Waals surface area (Å²) in [5.41, 5.74) is 5.02. The summed E-state index contributed by atoms with van der Waals surface area (Å²) >= 11 is 0. The summed E-state index contributed by atoms with van der Waals surface area (Å²) in [6.07, 6.45) is 8.71. The summed E-state index contributed by atoms with van der Waals surface area (Å²) in [4.78, 5) is 12.7. The van der Waals surface area contributed by atoms with Crippen molar-refractivity contribution in [1.82, 2.24) is 9.78 Å². The lowest BCUT2D eigenvalue weighted by molar-refractivity contribution is 0.0942. The van der Waals surface area contributed by atoms with E-state index < -0.39 is 0 Å². The number of rotatable bonds is 8. The number of unbranched alkanes of at least 4 members (excludes halogenated alkanes) is 5.